The van der Waals surface area contributed by atoms with Crippen molar-refractivity contribution in [2.24, 2.45) is 5.92 Å². The van der Waals surface area contributed by atoms with E-state index in [1.165, 1.54) is 11.3 Å². The van der Waals surface area contributed by atoms with Crippen molar-refractivity contribution in [2.45, 2.75) is 44.6 Å². The molecule has 0 radical (unpaired) electrons. The first-order valence-corrected chi connectivity index (χ1v) is 8.71. The number of carbonyl (C=O) groups is 3. The lowest BCUT2D eigenvalue weighted by atomic mass is 9.75. The van der Waals surface area contributed by atoms with Crippen LogP contribution in [0.5, 0.6) is 0 Å². The molecule has 23 heavy (non-hydrogen) atoms. The maximum atomic E-state index is 12.1. The van der Waals surface area contributed by atoms with E-state index in [0.29, 0.717) is 23.6 Å². The number of rotatable bonds is 6. The van der Waals surface area contributed by atoms with Gasteiger partial charge in [-0.1, -0.05) is 19.4 Å². The lowest BCUT2D eigenvalue weighted by Gasteiger charge is -2.37. The number of nitrogens with one attached hydrogen (secondary N) is 2. The van der Waals surface area contributed by atoms with E-state index >= 15 is 0 Å². The van der Waals surface area contributed by atoms with Gasteiger partial charge in [-0.05, 0) is 43.0 Å². The maximum absolute atomic E-state index is 12.1. The van der Waals surface area contributed by atoms with Crippen LogP contribution in [0.25, 0.3) is 0 Å². The Hall–Kier alpha value is -1.89. The second-order valence-corrected chi connectivity index (χ2v) is 6.89. The van der Waals surface area contributed by atoms with Crippen molar-refractivity contribution < 1.29 is 19.5 Å². The Kier molecular flexibility index (Phi) is 5.76. The third kappa shape index (κ3) is 4.31. The average molecular weight is 338 g/mol. The summed E-state index contributed by atoms with van der Waals surface area (Å²) in [5, 5.41) is 16.4. The van der Waals surface area contributed by atoms with Crippen molar-refractivity contribution in [3.63, 3.8) is 0 Å². The Labute approximate surface area is 139 Å². The van der Waals surface area contributed by atoms with Crippen LogP contribution >= 0.6 is 11.3 Å². The van der Waals surface area contributed by atoms with Gasteiger partial charge in [-0.25, -0.2) is 4.79 Å². The molecule has 0 atom stereocenters. The number of carbonyl (C=O) groups excluding carboxylic acids is 2. The molecule has 6 nitrogen and oxygen atoms in total. The van der Waals surface area contributed by atoms with E-state index in [1.807, 2.05) is 0 Å². The minimum Gasteiger partial charge on any atom is -0.480 e. The number of carboxylic acid groups (broad SMARTS) is 1. The monoisotopic (exact) mass is 338 g/mol. The molecule has 3 N–H and O–H groups in total. The van der Waals surface area contributed by atoms with Crippen LogP contribution in [0.15, 0.2) is 17.5 Å². The summed E-state index contributed by atoms with van der Waals surface area (Å²) in [5.41, 5.74) is -1.20. The third-order valence-corrected chi connectivity index (χ3v) is 5.35. The molecule has 1 aromatic rings. The van der Waals surface area contributed by atoms with Gasteiger partial charge >= 0.3 is 5.97 Å². The molecular formula is C16H22N2O4S. The zero-order valence-corrected chi connectivity index (χ0v) is 13.9. The van der Waals surface area contributed by atoms with Gasteiger partial charge in [0.25, 0.3) is 5.91 Å². The summed E-state index contributed by atoms with van der Waals surface area (Å²) in [5.74, 6) is -1.26. The maximum Gasteiger partial charge on any atom is 0.329 e. The van der Waals surface area contributed by atoms with Gasteiger partial charge in [0.15, 0.2) is 0 Å². The van der Waals surface area contributed by atoms with Gasteiger partial charge in [-0.2, -0.15) is 0 Å². The summed E-state index contributed by atoms with van der Waals surface area (Å²) >= 11 is 1.29. The summed E-state index contributed by atoms with van der Waals surface area (Å²) in [6.45, 7) is 1.88. The second kappa shape index (κ2) is 7.59. The Morgan fingerprint density at radius 2 is 2.04 bits per heavy atom. The topological polar surface area (TPSA) is 95.5 Å². The summed E-state index contributed by atoms with van der Waals surface area (Å²) < 4.78 is 0. The first kappa shape index (κ1) is 17.5. The van der Waals surface area contributed by atoms with Crippen LogP contribution in [0.2, 0.25) is 0 Å². The molecule has 7 heteroatoms. The molecule has 1 aliphatic carbocycles. The molecule has 126 valence electrons. The van der Waals surface area contributed by atoms with E-state index in [4.69, 9.17) is 0 Å². The Balaban J connectivity index is 1.89. The predicted molar refractivity (Wildman–Crippen MR) is 87.4 cm³/mol. The zero-order valence-electron chi connectivity index (χ0n) is 13.1. The SMILES string of the molecule is CCC1CCC(NC(=O)CNC(=O)c2cccs2)(C(=O)O)CC1. The smallest absolute Gasteiger partial charge is 0.329 e. The van der Waals surface area contributed by atoms with Crippen molar-refractivity contribution in [1.82, 2.24) is 10.6 Å². The normalized spacial score (nSPS) is 24.0. The molecule has 0 bridgehead atoms. The van der Waals surface area contributed by atoms with E-state index < -0.39 is 17.4 Å². The van der Waals surface area contributed by atoms with E-state index in [-0.39, 0.29) is 12.5 Å². The summed E-state index contributed by atoms with van der Waals surface area (Å²) in [4.78, 5) is 36.0. The molecule has 0 aliphatic heterocycles. The van der Waals surface area contributed by atoms with E-state index in [9.17, 15) is 19.5 Å². The minimum atomic E-state index is -1.20. The van der Waals surface area contributed by atoms with Gasteiger partial charge in [-0.15, -0.1) is 11.3 Å². The number of carboxylic acids is 1. The highest BCUT2D eigenvalue weighted by Crippen LogP contribution is 2.33. The van der Waals surface area contributed by atoms with E-state index in [1.54, 1.807) is 17.5 Å². The number of hydrogen-bond donors (Lipinski definition) is 3. The molecule has 1 heterocycles. The van der Waals surface area contributed by atoms with E-state index in [0.717, 1.165) is 19.3 Å². The molecule has 1 fully saturated rings. The van der Waals surface area contributed by atoms with Crippen LogP contribution in [0.1, 0.15) is 48.7 Å². The second-order valence-electron chi connectivity index (χ2n) is 5.95. The number of hydrogen-bond acceptors (Lipinski definition) is 4. The molecule has 1 aliphatic rings. The van der Waals surface area contributed by atoms with E-state index in [2.05, 4.69) is 17.6 Å². The number of amides is 2. The van der Waals surface area contributed by atoms with Crippen LogP contribution in [-0.2, 0) is 9.59 Å². The third-order valence-electron chi connectivity index (χ3n) is 4.48. The van der Waals surface area contributed by atoms with Crippen molar-refractivity contribution in [1.29, 1.82) is 0 Å². The highest BCUT2D eigenvalue weighted by atomic mass is 32.1. The highest BCUT2D eigenvalue weighted by Gasteiger charge is 2.42. The Morgan fingerprint density at radius 1 is 1.35 bits per heavy atom. The highest BCUT2D eigenvalue weighted by molar-refractivity contribution is 7.12. The number of aliphatic carboxylic acids is 1. The summed E-state index contributed by atoms with van der Waals surface area (Å²) in [6.07, 6.45) is 3.49. The fourth-order valence-corrected chi connectivity index (χ4v) is 3.58. The molecule has 0 saturated heterocycles. The minimum absolute atomic E-state index is 0.219. The van der Waals surface area contributed by atoms with Gasteiger partial charge in [0.05, 0.1) is 11.4 Å². The van der Waals surface area contributed by atoms with Crippen LogP contribution in [0.3, 0.4) is 0 Å². The number of thiophene rings is 1. The fourth-order valence-electron chi connectivity index (χ4n) is 2.94. The van der Waals surface area contributed by atoms with Crippen LogP contribution < -0.4 is 10.6 Å². The fraction of sp³-hybridized carbons (Fsp3) is 0.562. The molecular weight excluding hydrogens is 316 g/mol. The van der Waals surface area contributed by atoms with Crippen LogP contribution in [-0.4, -0.2) is 35.0 Å². The molecule has 0 spiro atoms. The Morgan fingerprint density at radius 3 is 2.57 bits per heavy atom. The molecule has 1 aromatic heterocycles. The summed E-state index contributed by atoms with van der Waals surface area (Å²) in [6, 6.07) is 3.42. The molecule has 0 unspecified atom stereocenters. The molecule has 0 aromatic carbocycles. The average Bonchev–Trinajstić information content (AvgIpc) is 3.07. The lowest BCUT2D eigenvalue weighted by molar-refractivity contribution is -0.149. The van der Waals surface area contributed by atoms with Crippen LogP contribution in [0, 0.1) is 5.92 Å². The lowest BCUT2D eigenvalue weighted by Crippen LogP contribution is -2.58. The van der Waals surface area contributed by atoms with Gasteiger partial charge in [0.2, 0.25) is 5.91 Å². The van der Waals surface area contributed by atoms with Gasteiger partial charge in [0, 0.05) is 0 Å². The van der Waals surface area contributed by atoms with Gasteiger partial charge in [0.1, 0.15) is 5.54 Å². The van der Waals surface area contributed by atoms with Gasteiger partial charge < -0.3 is 15.7 Å². The first-order valence-electron chi connectivity index (χ1n) is 7.83. The van der Waals surface area contributed by atoms with Crippen molar-refractivity contribution >= 4 is 29.1 Å². The van der Waals surface area contributed by atoms with Crippen LogP contribution in [0.4, 0.5) is 0 Å². The first-order chi connectivity index (χ1) is 11.0. The zero-order chi connectivity index (χ0) is 16.9. The van der Waals surface area contributed by atoms with Crippen molar-refractivity contribution in [2.75, 3.05) is 6.54 Å². The predicted octanol–water partition coefficient (Wildman–Crippen LogP) is 2.02. The quantitative estimate of drug-likeness (QED) is 0.739. The molecule has 2 amide bonds. The Bertz CT molecular complexity index is 563. The molecule has 2 rings (SSSR count). The molecule has 1 saturated carbocycles. The van der Waals surface area contributed by atoms with Crippen molar-refractivity contribution in [3.8, 4) is 0 Å². The van der Waals surface area contributed by atoms with Crippen molar-refractivity contribution in [3.05, 3.63) is 22.4 Å². The largest absolute Gasteiger partial charge is 0.480 e. The standard InChI is InChI=1S/C16H22N2O4S/c1-2-11-5-7-16(8-6-11,15(21)22)18-13(19)10-17-14(20)12-4-3-9-23-12/h3-4,9,11H,2,5-8,10H2,1H3,(H,17,20)(H,18,19)(H,21,22). The summed E-state index contributed by atoms with van der Waals surface area (Å²) in [7, 11) is 0. The van der Waals surface area contributed by atoms with Gasteiger partial charge in [-0.3, -0.25) is 9.59 Å².